The van der Waals surface area contributed by atoms with Gasteiger partial charge in [-0.3, -0.25) is 0 Å². The first-order valence-corrected chi connectivity index (χ1v) is 8.69. The molecule has 0 amide bonds. The fourth-order valence-corrected chi connectivity index (χ4v) is 4.55. The van der Waals surface area contributed by atoms with Crippen molar-refractivity contribution in [2.75, 3.05) is 35.8 Å². The van der Waals surface area contributed by atoms with Gasteiger partial charge >= 0.3 is 6.01 Å². The fourth-order valence-electron chi connectivity index (χ4n) is 1.74. The van der Waals surface area contributed by atoms with Crippen molar-refractivity contribution in [3.63, 3.8) is 0 Å². The Labute approximate surface area is 110 Å². The van der Waals surface area contributed by atoms with Gasteiger partial charge in [0.15, 0.2) is 9.84 Å². The van der Waals surface area contributed by atoms with Crippen LogP contribution in [0.5, 0.6) is 0 Å². The second kappa shape index (κ2) is 5.45. The van der Waals surface area contributed by atoms with Crippen molar-refractivity contribution >= 4 is 27.6 Å². The van der Waals surface area contributed by atoms with E-state index in [1.807, 2.05) is 0 Å². The summed E-state index contributed by atoms with van der Waals surface area (Å²) < 4.78 is 28.9. The van der Waals surface area contributed by atoms with Crippen LogP contribution in [-0.2, 0) is 16.3 Å². The highest BCUT2D eigenvalue weighted by atomic mass is 32.2. The molecule has 0 aromatic carbocycles. The Morgan fingerprint density at radius 3 is 3.00 bits per heavy atom. The maximum atomic E-state index is 11.7. The van der Waals surface area contributed by atoms with Gasteiger partial charge in [-0.15, -0.1) is 5.10 Å². The van der Waals surface area contributed by atoms with Crippen molar-refractivity contribution in [2.24, 2.45) is 5.73 Å². The first kappa shape index (κ1) is 13.6. The Morgan fingerprint density at radius 2 is 2.33 bits per heavy atom. The van der Waals surface area contributed by atoms with Gasteiger partial charge in [0.1, 0.15) is 5.37 Å². The zero-order chi connectivity index (χ0) is 13.2. The highest BCUT2D eigenvalue weighted by molar-refractivity contribution is 8.01. The second-order valence-corrected chi connectivity index (χ2v) is 7.42. The molecule has 2 N–H and O–H groups in total. The maximum Gasteiger partial charge on any atom is 0.319 e. The van der Waals surface area contributed by atoms with Crippen LogP contribution in [0.15, 0.2) is 4.42 Å². The Bertz CT molecular complexity index is 502. The van der Waals surface area contributed by atoms with Crippen molar-refractivity contribution < 1.29 is 12.8 Å². The molecule has 0 saturated carbocycles. The molecule has 1 fully saturated rings. The molecule has 1 unspecified atom stereocenters. The molecule has 1 atom stereocenters. The molecule has 9 heteroatoms. The third-order valence-electron chi connectivity index (χ3n) is 2.64. The van der Waals surface area contributed by atoms with Gasteiger partial charge in [0.05, 0.1) is 0 Å². The number of aromatic nitrogens is 2. The lowest BCUT2D eigenvalue weighted by atomic mass is 10.4. The SMILES string of the molecule is CS(=O)(=O)C1CSCCN1c1nnc(CCN)o1. The molecule has 0 radical (unpaired) electrons. The molecule has 1 aromatic rings. The number of rotatable bonds is 4. The maximum absolute atomic E-state index is 11.7. The largest absolute Gasteiger partial charge is 0.408 e. The molecule has 102 valence electrons. The molecule has 1 aliphatic heterocycles. The van der Waals surface area contributed by atoms with Crippen LogP contribution in [-0.4, -0.2) is 54.8 Å². The Hall–Kier alpha value is -0.800. The lowest BCUT2D eigenvalue weighted by Gasteiger charge is -2.32. The molecule has 0 aliphatic carbocycles. The first-order valence-electron chi connectivity index (χ1n) is 5.58. The van der Waals surface area contributed by atoms with Gasteiger partial charge in [0, 0.05) is 37.3 Å². The summed E-state index contributed by atoms with van der Waals surface area (Å²) in [4.78, 5) is 1.67. The van der Waals surface area contributed by atoms with Crippen LogP contribution in [0.25, 0.3) is 0 Å². The molecule has 18 heavy (non-hydrogen) atoms. The van der Waals surface area contributed by atoms with Crippen molar-refractivity contribution in [1.82, 2.24) is 10.2 Å². The topological polar surface area (TPSA) is 102 Å². The van der Waals surface area contributed by atoms with Gasteiger partial charge in [-0.05, 0) is 0 Å². The number of thioether (sulfide) groups is 1. The minimum absolute atomic E-state index is 0.272. The van der Waals surface area contributed by atoms with E-state index in [-0.39, 0.29) is 6.01 Å². The molecule has 0 spiro atoms. The smallest absolute Gasteiger partial charge is 0.319 e. The Morgan fingerprint density at radius 1 is 1.56 bits per heavy atom. The molecular weight excluding hydrogens is 276 g/mol. The van der Waals surface area contributed by atoms with E-state index in [9.17, 15) is 8.42 Å². The van der Waals surface area contributed by atoms with E-state index in [2.05, 4.69) is 10.2 Å². The summed E-state index contributed by atoms with van der Waals surface area (Å²) in [5, 5.41) is 7.16. The van der Waals surface area contributed by atoms with E-state index in [0.29, 0.717) is 31.2 Å². The van der Waals surface area contributed by atoms with Crippen LogP contribution in [0.4, 0.5) is 6.01 Å². The van der Waals surface area contributed by atoms with E-state index < -0.39 is 15.2 Å². The zero-order valence-electron chi connectivity index (χ0n) is 10.1. The highest BCUT2D eigenvalue weighted by Gasteiger charge is 2.34. The quantitative estimate of drug-likeness (QED) is 0.792. The second-order valence-electron chi connectivity index (χ2n) is 4.07. The summed E-state index contributed by atoms with van der Waals surface area (Å²) >= 11 is 1.61. The van der Waals surface area contributed by atoms with E-state index in [4.69, 9.17) is 10.2 Å². The van der Waals surface area contributed by atoms with Crippen LogP contribution in [0.2, 0.25) is 0 Å². The van der Waals surface area contributed by atoms with Crippen LogP contribution in [0, 0.1) is 0 Å². The van der Waals surface area contributed by atoms with Crippen molar-refractivity contribution in [3.05, 3.63) is 5.89 Å². The van der Waals surface area contributed by atoms with Gasteiger partial charge in [-0.2, -0.15) is 11.8 Å². The van der Waals surface area contributed by atoms with E-state index >= 15 is 0 Å². The number of hydrogen-bond acceptors (Lipinski definition) is 8. The number of anilines is 1. The lowest BCUT2D eigenvalue weighted by molar-refractivity contribution is 0.479. The van der Waals surface area contributed by atoms with E-state index in [1.54, 1.807) is 16.7 Å². The minimum Gasteiger partial charge on any atom is -0.408 e. The van der Waals surface area contributed by atoms with Crippen molar-refractivity contribution in [2.45, 2.75) is 11.8 Å². The summed E-state index contributed by atoms with van der Waals surface area (Å²) in [7, 11) is -3.17. The van der Waals surface area contributed by atoms with Crippen LogP contribution < -0.4 is 10.6 Å². The van der Waals surface area contributed by atoms with Gasteiger partial charge in [0.25, 0.3) is 0 Å². The predicted octanol–water partition coefficient (Wildman–Crippen LogP) is -0.505. The molecule has 1 aromatic heterocycles. The number of nitrogens with zero attached hydrogens (tertiary/aromatic N) is 3. The Balaban J connectivity index is 2.22. The molecule has 7 nitrogen and oxygen atoms in total. The third-order valence-corrected chi connectivity index (χ3v) is 5.28. The van der Waals surface area contributed by atoms with Gasteiger partial charge in [0.2, 0.25) is 5.89 Å². The minimum atomic E-state index is -3.17. The summed E-state index contributed by atoms with van der Waals surface area (Å²) in [6.45, 7) is 1.01. The van der Waals surface area contributed by atoms with Gasteiger partial charge in [-0.1, -0.05) is 5.10 Å². The summed E-state index contributed by atoms with van der Waals surface area (Å²) in [5.74, 6) is 1.81. The first-order chi connectivity index (χ1) is 8.52. The number of nitrogens with two attached hydrogens (primary N) is 1. The highest BCUT2D eigenvalue weighted by Crippen LogP contribution is 2.25. The predicted molar refractivity (Wildman–Crippen MR) is 70.4 cm³/mol. The lowest BCUT2D eigenvalue weighted by Crippen LogP contribution is -2.47. The zero-order valence-corrected chi connectivity index (χ0v) is 11.7. The molecule has 2 heterocycles. The van der Waals surface area contributed by atoms with Crippen LogP contribution in [0.3, 0.4) is 0 Å². The van der Waals surface area contributed by atoms with E-state index in [1.165, 1.54) is 6.26 Å². The number of hydrogen-bond donors (Lipinski definition) is 1. The fraction of sp³-hybridized carbons (Fsp3) is 0.778. The molecule has 1 aliphatic rings. The monoisotopic (exact) mass is 292 g/mol. The van der Waals surface area contributed by atoms with E-state index in [0.717, 1.165) is 5.75 Å². The molecular formula is C9H16N4O3S2. The third kappa shape index (κ3) is 2.96. The molecule has 1 saturated heterocycles. The summed E-state index contributed by atoms with van der Waals surface area (Å²) in [5.41, 5.74) is 5.40. The van der Waals surface area contributed by atoms with Crippen LogP contribution >= 0.6 is 11.8 Å². The van der Waals surface area contributed by atoms with Gasteiger partial charge < -0.3 is 15.1 Å². The van der Waals surface area contributed by atoms with Gasteiger partial charge in [-0.25, -0.2) is 8.42 Å². The Kier molecular flexibility index (Phi) is 4.13. The normalized spacial score (nSPS) is 21.2. The summed E-state index contributed by atoms with van der Waals surface area (Å²) in [6, 6.07) is 0.272. The van der Waals surface area contributed by atoms with Crippen LogP contribution in [0.1, 0.15) is 5.89 Å². The molecule has 0 bridgehead atoms. The standard InChI is InChI=1S/C9H16N4O3S2/c1-18(14,15)8-6-17-5-4-13(8)9-12-11-7(16-9)2-3-10/h8H,2-6,10H2,1H3. The average molecular weight is 292 g/mol. The molecule has 2 rings (SSSR count). The average Bonchev–Trinajstić information content (AvgIpc) is 2.77. The van der Waals surface area contributed by atoms with Crippen molar-refractivity contribution in [1.29, 1.82) is 0 Å². The van der Waals surface area contributed by atoms with Crippen molar-refractivity contribution in [3.8, 4) is 0 Å². The number of sulfone groups is 1. The summed E-state index contributed by atoms with van der Waals surface area (Å²) in [6.07, 6.45) is 1.73.